The van der Waals surface area contributed by atoms with E-state index in [4.69, 9.17) is 15.7 Å². The Balaban J connectivity index is 2.68. The largest absolute Gasteiger partial charge is 0.409 e. The third kappa shape index (κ3) is 4.44. The van der Waals surface area contributed by atoms with Gasteiger partial charge in [0.15, 0.2) is 5.84 Å². The van der Waals surface area contributed by atoms with E-state index in [0.717, 1.165) is 5.56 Å². The zero-order chi connectivity index (χ0) is 14.5. The van der Waals surface area contributed by atoms with Gasteiger partial charge in [0.25, 0.3) is 0 Å². The van der Waals surface area contributed by atoms with Crippen molar-refractivity contribution in [3.05, 3.63) is 35.9 Å². The zero-order valence-electron chi connectivity index (χ0n) is 10.3. The molecule has 4 nitrogen and oxygen atoms in total. The van der Waals surface area contributed by atoms with Gasteiger partial charge < -0.3 is 15.7 Å². The summed E-state index contributed by atoms with van der Waals surface area (Å²) in [4.78, 5) is 0. The Hall–Kier alpha value is -1.76. The topological polar surface area (TPSA) is 67.8 Å². The number of alkyl halides is 3. The van der Waals surface area contributed by atoms with E-state index in [1.807, 2.05) is 0 Å². The van der Waals surface area contributed by atoms with Crippen molar-refractivity contribution in [2.75, 3.05) is 6.61 Å². The first-order chi connectivity index (χ1) is 8.86. The molecular formula is C12H15F3N2O2. The Morgan fingerprint density at radius 3 is 2.42 bits per heavy atom. The van der Waals surface area contributed by atoms with Gasteiger partial charge in [-0.15, -0.1) is 0 Å². The number of ether oxygens (including phenoxy) is 1. The summed E-state index contributed by atoms with van der Waals surface area (Å²) in [6.45, 7) is 0.935. The smallest absolute Gasteiger partial charge is 0.401 e. The Morgan fingerprint density at radius 2 is 1.95 bits per heavy atom. The standard InChI is InChI=1S/C12H15F3N2O2/c1-8(9-5-3-2-4-6-9)19-7-10(11(16)17-18)12(13,14)15/h2-6,8,10,18H,7H2,1H3,(H2,16,17). The molecule has 0 saturated heterocycles. The van der Waals surface area contributed by atoms with Crippen LogP contribution in [0.2, 0.25) is 0 Å². The van der Waals surface area contributed by atoms with E-state index in [1.54, 1.807) is 37.3 Å². The minimum absolute atomic E-state index is 0.516. The lowest BCUT2D eigenvalue weighted by Gasteiger charge is -2.21. The fourth-order valence-corrected chi connectivity index (χ4v) is 1.48. The normalized spacial score (nSPS) is 16.1. The zero-order valence-corrected chi connectivity index (χ0v) is 10.3. The van der Waals surface area contributed by atoms with Crippen molar-refractivity contribution in [3.8, 4) is 0 Å². The molecule has 2 atom stereocenters. The number of hydrogen-bond acceptors (Lipinski definition) is 3. The summed E-state index contributed by atoms with van der Waals surface area (Å²) in [6.07, 6.45) is -5.13. The quantitative estimate of drug-likeness (QED) is 0.376. The third-order valence-corrected chi connectivity index (χ3v) is 2.65. The molecular weight excluding hydrogens is 261 g/mol. The summed E-state index contributed by atoms with van der Waals surface area (Å²) in [6, 6.07) is 8.82. The Kier molecular flexibility index (Phi) is 5.17. The predicted molar refractivity (Wildman–Crippen MR) is 63.8 cm³/mol. The number of rotatable bonds is 5. The van der Waals surface area contributed by atoms with Gasteiger partial charge in [-0.2, -0.15) is 13.2 Å². The molecule has 0 aromatic heterocycles. The second-order valence-corrected chi connectivity index (χ2v) is 4.01. The molecule has 1 rings (SSSR count). The van der Waals surface area contributed by atoms with Crippen molar-refractivity contribution in [2.45, 2.75) is 19.2 Å². The van der Waals surface area contributed by atoms with Gasteiger partial charge in [0, 0.05) is 0 Å². The van der Waals surface area contributed by atoms with Crippen molar-refractivity contribution in [2.24, 2.45) is 16.8 Å². The van der Waals surface area contributed by atoms with Crippen molar-refractivity contribution < 1.29 is 23.1 Å². The highest BCUT2D eigenvalue weighted by molar-refractivity contribution is 5.83. The van der Waals surface area contributed by atoms with Crippen LogP contribution in [0.15, 0.2) is 35.5 Å². The van der Waals surface area contributed by atoms with E-state index in [9.17, 15) is 13.2 Å². The van der Waals surface area contributed by atoms with E-state index in [-0.39, 0.29) is 0 Å². The number of nitrogens with two attached hydrogens (primary N) is 1. The van der Waals surface area contributed by atoms with Crippen molar-refractivity contribution in [1.82, 2.24) is 0 Å². The van der Waals surface area contributed by atoms with Gasteiger partial charge in [0.1, 0.15) is 5.92 Å². The molecule has 0 aliphatic heterocycles. The molecule has 1 aromatic rings. The Labute approximate surface area is 108 Å². The molecule has 0 heterocycles. The molecule has 7 heteroatoms. The van der Waals surface area contributed by atoms with Gasteiger partial charge in [0.2, 0.25) is 0 Å². The lowest BCUT2D eigenvalue weighted by molar-refractivity contribution is -0.172. The molecule has 19 heavy (non-hydrogen) atoms. The van der Waals surface area contributed by atoms with Crippen LogP contribution < -0.4 is 5.73 Å². The lowest BCUT2D eigenvalue weighted by Crippen LogP contribution is -2.39. The minimum atomic E-state index is -4.62. The van der Waals surface area contributed by atoms with Crippen molar-refractivity contribution >= 4 is 5.84 Å². The molecule has 3 N–H and O–H groups in total. The third-order valence-electron chi connectivity index (χ3n) is 2.65. The molecule has 0 saturated carbocycles. The summed E-state index contributed by atoms with van der Waals surface area (Å²) in [7, 11) is 0. The number of nitrogens with zero attached hydrogens (tertiary/aromatic N) is 1. The maximum Gasteiger partial charge on any atom is 0.401 e. The molecule has 0 fully saturated rings. The molecule has 0 amide bonds. The van der Waals surface area contributed by atoms with Crippen molar-refractivity contribution in [1.29, 1.82) is 0 Å². The average Bonchev–Trinajstić information content (AvgIpc) is 2.37. The summed E-state index contributed by atoms with van der Waals surface area (Å²) in [5.74, 6) is -3.03. The van der Waals surface area contributed by atoms with Crippen LogP contribution in [0.5, 0.6) is 0 Å². The molecule has 0 aliphatic rings. The monoisotopic (exact) mass is 276 g/mol. The SMILES string of the molecule is CC(OCC(/C(N)=N/O)C(F)(F)F)c1ccccc1. The van der Waals surface area contributed by atoms with E-state index in [2.05, 4.69) is 5.16 Å². The van der Waals surface area contributed by atoms with Crippen LogP contribution in [0, 0.1) is 5.92 Å². The molecule has 2 unspecified atom stereocenters. The Morgan fingerprint density at radius 1 is 1.37 bits per heavy atom. The first-order valence-corrected chi connectivity index (χ1v) is 5.57. The number of hydrogen-bond donors (Lipinski definition) is 2. The van der Waals surface area contributed by atoms with E-state index < -0.39 is 30.6 Å². The number of amidine groups is 1. The highest BCUT2D eigenvalue weighted by Gasteiger charge is 2.43. The van der Waals surface area contributed by atoms with Gasteiger partial charge in [-0.05, 0) is 12.5 Å². The highest BCUT2D eigenvalue weighted by atomic mass is 19.4. The number of halogens is 3. The summed E-state index contributed by atoms with van der Waals surface area (Å²) in [5, 5.41) is 10.8. The second kappa shape index (κ2) is 6.42. The summed E-state index contributed by atoms with van der Waals surface area (Å²) < 4.78 is 43.1. The maximum absolute atomic E-state index is 12.7. The maximum atomic E-state index is 12.7. The molecule has 0 aliphatic carbocycles. The van der Waals surface area contributed by atoms with E-state index in [0.29, 0.717) is 0 Å². The minimum Gasteiger partial charge on any atom is -0.409 e. The van der Waals surface area contributed by atoms with Crippen LogP contribution >= 0.6 is 0 Å². The molecule has 1 aromatic carbocycles. The fourth-order valence-electron chi connectivity index (χ4n) is 1.48. The first kappa shape index (κ1) is 15.3. The molecule has 0 bridgehead atoms. The van der Waals surface area contributed by atoms with Gasteiger partial charge >= 0.3 is 6.18 Å². The summed E-state index contributed by atoms with van der Waals surface area (Å²) in [5.41, 5.74) is 5.78. The van der Waals surface area contributed by atoms with Crippen molar-refractivity contribution in [3.63, 3.8) is 0 Å². The summed E-state index contributed by atoms with van der Waals surface area (Å²) >= 11 is 0. The van der Waals surface area contributed by atoms with Gasteiger partial charge in [-0.1, -0.05) is 35.5 Å². The first-order valence-electron chi connectivity index (χ1n) is 5.57. The van der Waals surface area contributed by atoms with Gasteiger partial charge in [-0.3, -0.25) is 0 Å². The number of benzene rings is 1. The fraction of sp³-hybridized carbons (Fsp3) is 0.417. The van der Waals surface area contributed by atoms with E-state index in [1.165, 1.54) is 0 Å². The van der Waals surface area contributed by atoms with Crippen LogP contribution in [-0.4, -0.2) is 23.8 Å². The van der Waals surface area contributed by atoms with Gasteiger partial charge in [-0.25, -0.2) is 0 Å². The molecule has 0 radical (unpaired) electrons. The molecule has 0 spiro atoms. The van der Waals surface area contributed by atoms with Crippen LogP contribution in [0.25, 0.3) is 0 Å². The van der Waals surface area contributed by atoms with E-state index >= 15 is 0 Å². The predicted octanol–water partition coefficient (Wildman–Crippen LogP) is 2.69. The van der Waals surface area contributed by atoms with Crippen LogP contribution in [0.4, 0.5) is 13.2 Å². The second-order valence-electron chi connectivity index (χ2n) is 4.01. The average molecular weight is 276 g/mol. The van der Waals surface area contributed by atoms with Crippen LogP contribution in [0.1, 0.15) is 18.6 Å². The van der Waals surface area contributed by atoms with Crippen LogP contribution in [0.3, 0.4) is 0 Å². The highest BCUT2D eigenvalue weighted by Crippen LogP contribution is 2.28. The van der Waals surface area contributed by atoms with Gasteiger partial charge in [0.05, 0.1) is 12.7 Å². The Bertz CT molecular complexity index is 421. The lowest BCUT2D eigenvalue weighted by atomic mass is 10.1. The number of oxime groups is 1. The van der Waals surface area contributed by atoms with Crippen LogP contribution in [-0.2, 0) is 4.74 Å². The molecule has 106 valence electrons.